The number of primary amides is 2. The molecule has 0 aliphatic carbocycles. The van der Waals surface area contributed by atoms with Gasteiger partial charge in [-0.15, -0.1) is 0 Å². The molecule has 6 rings (SSSR count). The summed E-state index contributed by atoms with van der Waals surface area (Å²) in [5.41, 5.74) is 16.4. The van der Waals surface area contributed by atoms with Crippen molar-refractivity contribution < 1.29 is 29.7 Å². The smallest absolute Gasteiger partial charge is 0.423 e. The van der Waals surface area contributed by atoms with Gasteiger partial charge < -0.3 is 40.7 Å². The maximum atomic E-state index is 11.2. The van der Waals surface area contributed by atoms with Crippen LogP contribution in [0.25, 0.3) is 22.3 Å². The average Bonchev–Trinajstić information content (AvgIpc) is 3.61. The summed E-state index contributed by atoms with van der Waals surface area (Å²) in [4.78, 5) is 39.1. The molecule has 8 N–H and O–H groups in total. The molecule has 2 aromatic carbocycles. The van der Waals surface area contributed by atoms with Gasteiger partial charge in [0.05, 0.1) is 35.8 Å². The molecular formula is C28H26B2N8O6. The van der Waals surface area contributed by atoms with E-state index in [0.717, 1.165) is 11.1 Å². The topological polar surface area (TPSA) is 229 Å². The number of fused-ring (bicyclic) bond motifs is 2. The fourth-order valence-corrected chi connectivity index (χ4v) is 4.39. The summed E-state index contributed by atoms with van der Waals surface area (Å²) < 4.78 is 3.68. The lowest BCUT2D eigenvalue weighted by molar-refractivity contribution is 0.0991. The van der Waals surface area contributed by atoms with Crippen molar-refractivity contribution in [3.05, 3.63) is 108 Å². The summed E-state index contributed by atoms with van der Waals surface area (Å²) in [6, 6.07) is 17.1. The van der Waals surface area contributed by atoms with Gasteiger partial charge in [0.2, 0.25) is 11.8 Å². The number of rotatable bonds is 8. The first-order valence-electron chi connectivity index (χ1n) is 13.2. The van der Waals surface area contributed by atoms with Crippen LogP contribution in [0.5, 0.6) is 0 Å². The quantitative estimate of drug-likeness (QED) is 0.112. The van der Waals surface area contributed by atoms with Gasteiger partial charge in [0, 0.05) is 18.9 Å². The Balaban J connectivity index is 0.000000175. The van der Waals surface area contributed by atoms with Crippen LogP contribution in [-0.4, -0.2) is 75.2 Å². The van der Waals surface area contributed by atoms with E-state index in [1.54, 1.807) is 73.3 Å². The molecule has 0 spiro atoms. The van der Waals surface area contributed by atoms with E-state index < -0.39 is 26.1 Å². The lowest BCUT2D eigenvalue weighted by atomic mass is 9.80. The summed E-state index contributed by atoms with van der Waals surface area (Å²) in [5, 5.41) is 36.3. The molecule has 4 heterocycles. The lowest BCUT2D eigenvalue weighted by Crippen LogP contribution is -2.29. The summed E-state index contributed by atoms with van der Waals surface area (Å²) in [5.74, 6) is -1.08. The summed E-state index contributed by atoms with van der Waals surface area (Å²) in [6.07, 6.45) is 6.10. The van der Waals surface area contributed by atoms with Gasteiger partial charge in [0.1, 0.15) is 5.52 Å². The molecule has 0 saturated carbocycles. The van der Waals surface area contributed by atoms with Gasteiger partial charge in [0.25, 0.3) is 0 Å². The maximum Gasteiger partial charge on any atom is 0.488 e. The van der Waals surface area contributed by atoms with Gasteiger partial charge in [-0.25, -0.2) is 19.9 Å². The third-order valence-corrected chi connectivity index (χ3v) is 6.76. The Morgan fingerprint density at radius 2 is 1.16 bits per heavy atom. The molecule has 0 aliphatic heterocycles. The van der Waals surface area contributed by atoms with Crippen molar-refractivity contribution in [2.75, 3.05) is 0 Å². The molecule has 0 atom stereocenters. The predicted octanol–water partition coefficient (Wildman–Crippen LogP) is -1.48. The second-order valence-electron chi connectivity index (χ2n) is 9.84. The van der Waals surface area contributed by atoms with E-state index in [1.807, 2.05) is 9.13 Å². The average molecular weight is 592 g/mol. The van der Waals surface area contributed by atoms with Crippen LogP contribution in [0.15, 0.2) is 85.7 Å². The Kier molecular flexibility index (Phi) is 8.78. The Hall–Kier alpha value is -5.41. The van der Waals surface area contributed by atoms with Crippen molar-refractivity contribution >= 4 is 59.3 Å². The van der Waals surface area contributed by atoms with Gasteiger partial charge >= 0.3 is 14.2 Å². The van der Waals surface area contributed by atoms with Crippen LogP contribution in [0.4, 0.5) is 0 Å². The van der Waals surface area contributed by atoms with Crippen LogP contribution in [0.3, 0.4) is 0 Å². The first kappa shape index (κ1) is 30.1. The Morgan fingerprint density at radius 3 is 1.70 bits per heavy atom. The molecular weight excluding hydrogens is 566 g/mol. The number of imidazole rings is 2. The number of carbonyl (C=O) groups excluding carboxylic acids is 2. The second kappa shape index (κ2) is 12.8. The standard InChI is InChI=1S/2C14H13BN4O3/c16-13(20)10-5-12-14(17-6-10)18-8-19(12)7-9-1-3-11(4-2-9)15(21)22;16-13(20)10-5-12-14(17-6-10)19(8-18-12)7-9-1-3-11(4-2-9)15(21)22/h2*1-6,8,21-22H,7H2,(H2,16,20). The van der Waals surface area contributed by atoms with Crippen molar-refractivity contribution in [2.24, 2.45) is 11.5 Å². The van der Waals surface area contributed by atoms with Crippen LogP contribution in [0.1, 0.15) is 31.8 Å². The summed E-state index contributed by atoms with van der Waals surface area (Å²) >= 11 is 0. The van der Waals surface area contributed by atoms with E-state index in [1.165, 1.54) is 12.4 Å². The summed E-state index contributed by atoms with van der Waals surface area (Å²) in [6.45, 7) is 1.05. The van der Waals surface area contributed by atoms with Crippen LogP contribution in [-0.2, 0) is 13.1 Å². The van der Waals surface area contributed by atoms with Gasteiger partial charge in [-0.2, -0.15) is 0 Å². The zero-order valence-corrected chi connectivity index (χ0v) is 23.1. The van der Waals surface area contributed by atoms with Crippen LogP contribution >= 0.6 is 0 Å². The van der Waals surface area contributed by atoms with Gasteiger partial charge in [0.15, 0.2) is 11.3 Å². The minimum atomic E-state index is -1.48. The minimum absolute atomic E-state index is 0.319. The van der Waals surface area contributed by atoms with Crippen molar-refractivity contribution in [1.82, 2.24) is 29.1 Å². The molecule has 4 aromatic heterocycles. The lowest BCUT2D eigenvalue weighted by Gasteiger charge is -2.06. The maximum absolute atomic E-state index is 11.2. The molecule has 0 saturated heterocycles. The third-order valence-electron chi connectivity index (χ3n) is 6.76. The van der Waals surface area contributed by atoms with E-state index in [2.05, 4.69) is 19.9 Å². The number of nitrogens with zero attached hydrogens (tertiary/aromatic N) is 6. The third kappa shape index (κ3) is 6.79. The highest BCUT2D eigenvalue weighted by Gasteiger charge is 2.13. The molecule has 220 valence electrons. The number of pyridine rings is 2. The molecule has 0 aliphatic rings. The molecule has 0 bridgehead atoms. The highest BCUT2D eigenvalue weighted by molar-refractivity contribution is 6.58. The normalized spacial score (nSPS) is 10.8. The van der Waals surface area contributed by atoms with Gasteiger partial charge in [-0.05, 0) is 34.2 Å². The van der Waals surface area contributed by atoms with Gasteiger partial charge in [-0.1, -0.05) is 48.5 Å². The van der Waals surface area contributed by atoms with Gasteiger partial charge in [-0.3, -0.25) is 9.59 Å². The highest BCUT2D eigenvalue weighted by Crippen LogP contribution is 2.15. The Labute approximate surface area is 250 Å². The fourth-order valence-electron chi connectivity index (χ4n) is 4.39. The number of aromatic nitrogens is 6. The molecule has 14 nitrogen and oxygen atoms in total. The molecule has 0 unspecified atom stereocenters. The van der Waals surface area contributed by atoms with Crippen molar-refractivity contribution in [2.45, 2.75) is 13.1 Å². The minimum Gasteiger partial charge on any atom is -0.423 e. The number of hydrogen-bond acceptors (Lipinski definition) is 10. The molecule has 16 heteroatoms. The number of hydrogen-bond donors (Lipinski definition) is 6. The number of carbonyl (C=O) groups is 2. The molecule has 0 fully saturated rings. The molecule has 0 radical (unpaired) electrons. The first-order chi connectivity index (χ1) is 21.1. The zero-order valence-electron chi connectivity index (χ0n) is 23.1. The first-order valence-corrected chi connectivity index (χ1v) is 13.2. The van der Waals surface area contributed by atoms with E-state index in [0.29, 0.717) is 57.5 Å². The molecule has 44 heavy (non-hydrogen) atoms. The number of nitrogens with two attached hydrogens (primary N) is 2. The number of benzene rings is 2. The van der Waals surface area contributed by atoms with E-state index in [9.17, 15) is 9.59 Å². The highest BCUT2D eigenvalue weighted by atomic mass is 16.4. The summed E-state index contributed by atoms with van der Waals surface area (Å²) in [7, 11) is -2.96. The fraction of sp³-hybridized carbons (Fsp3) is 0.0714. The van der Waals surface area contributed by atoms with Crippen LogP contribution in [0.2, 0.25) is 0 Å². The van der Waals surface area contributed by atoms with Crippen molar-refractivity contribution in [1.29, 1.82) is 0 Å². The Morgan fingerprint density at radius 1 is 0.659 bits per heavy atom. The van der Waals surface area contributed by atoms with Crippen molar-refractivity contribution in [3.63, 3.8) is 0 Å². The van der Waals surface area contributed by atoms with E-state index in [4.69, 9.17) is 31.6 Å². The van der Waals surface area contributed by atoms with Crippen LogP contribution in [0, 0.1) is 0 Å². The molecule has 6 aromatic rings. The SMILES string of the molecule is NC(=O)c1cnc2c(c1)ncn2Cc1ccc(B(O)O)cc1.NC(=O)c1cnc2ncn(Cc3ccc(B(O)O)cc3)c2c1. The Bertz CT molecular complexity index is 1940. The largest absolute Gasteiger partial charge is 0.488 e. The van der Waals surface area contributed by atoms with Crippen molar-refractivity contribution in [3.8, 4) is 0 Å². The second-order valence-corrected chi connectivity index (χ2v) is 9.84. The monoisotopic (exact) mass is 592 g/mol. The van der Waals surface area contributed by atoms with Crippen LogP contribution < -0.4 is 22.4 Å². The predicted molar refractivity (Wildman–Crippen MR) is 163 cm³/mol. The van der Waals surface area contributed by atoms with E-state index in [-0.39, 0.29) is 0 Å². The molecule has 2 amide bonds. The zero-order chi connectivity index (χ0) is 31.4. The van der Waals surface area contributed by atoms with E-state index >= 15 is 0 Å². The number of amides is 2.